The standard InChI is InChI=1S/C12H10O2.2Li/c13-11-5-1-9(2-6-11)10-3-7-12(14)8-4-10;;/h1-8,13-14H;;/q;2*+1/p-2. The molecule has 0 N–H and O–H groups in total. The Morgan fingerprint density at radius 1 is 0.500 bits per heavy atom. The molecule has 0 spiro atoms. The van der Waals surface area contributed by atoms with E-state index in [-0.39, 0.29) is 49.2 Å². The zero-order valence-corrected chi connectivity index (χ0v) is 9.44. The van der Waals surface area contributed by atoms with E-state index in [2.05, 4.69) is 0 Å². The average Bonchev–Trinajstić information content (AvgIpc) is 2.21. The first kappa shape index (κ1) is 15.2. The predicted octanol–water partition coefficient (Wildman–Crippen LogP) is -4.49. The maximum atomic E-state index is 10.9. The molecular formula is C12H8Li2O2. The van der Waals surface area contributed by atoms with Crippen molar-refractivity contribution in [1.29, 1.82) is 0 Å². The van der Waals surface area contributed by atoms with Crippen molar-refractivity contribution < 1.29 is 47.9 Å². The molecule has 0 aliphatic carbocycles. The molecule has 0 fully saturated rings. The van der Waals surface area contributed by atoms with Crippen molar-refractivity contribution in [2.75, 3.05) is 0 Å². The molecule has 0 atom stereocenters. The Bertz CT molecular complexity index is 380. The van der Waals surface area contributed by atoms with Crippen LogP contribution in [0.1, 0.15) is 0 Å². The maximum Gasteiger partial charge on any atom is 1.00 e. The van der Waals surface area contributed by atoms with Gasteiger partial charge in [0.25, 0.3) is 0 Å². The molecule has 2 rings (SSSR count). The molecule has 0 aliphatic heterocycles. The van der Waals surface area contributed by atoms with Crippen molar-refractivity contribution in [2.45, 2.75) is 0 Å². The van der Waals surface area contributed by atoms with E-state index < -0.39 is 0 Å². The molecule has 0 aliphatic rings. The third-order valence-corrected chi connectivity index (χ3v) is 2.04. The van der Waals surface area contributed by atoms with Gasteiger partial charge in [-0.1, -0.05) is 48.5 Å². The second-order valence-electron chi connectivity index (χ2n) is 3.05. The molecular weight excluding hydrogens is 190 g/mol. The van der Waals surface area contributed by atoms with E-state index in [4.69, 9.17) is 0 Å². The molecule has 2 aromatic carbocycles. The minimum Gasteiger partial charge on any atom is -0.872 e. The van der Waals surface area contributed by atoms with Crippen LogP contribution in [0.2, 0.25) is 0 Å². The van der Waals surface area contributed by atoms with Crippen LogP contribution in [0.3, 0.4) is 0 Å². The zero-order chi connectivity index (χ0) is 9.97. The van der Waals surface area contributed by atoms with Gasteiger partial charge in [-0.25, -0.2) is 0 Å². The molecule has 2 nitrogen and oxygen atoms in total. The van der Waals surface area contributed by atoms with Gasteiger partial charge < -0.3 is 10.2 Å². The van der Waals surface area contributed by atoms with Crippen LogP contribution < -0.4 is 47.9 Å². The van der Waals surface area contributed by atoms with Crippen molar-refractivity contribution in [3.63, 3.8) is 0 Å². The topological polar surface area (TPSA) is 46.1 Å². The summed E-state index contributed by atoms with van der Waals surface area (Å²) in [7, 11) is 0. The summed E-state index contributed by atoms with van der Waals surface area (Å²) in [5.41, 5.74) is 1.90. The Morgan fingerprint density at radius 2 is 0.750 bits per heavy atom. The van der Waals surface area contributed by atoms with E-state index in [1.807, 2.05) is 0 Å². The van der Waals surface area contributed by atoms with E-state index >= 15 is 0 Å². The van der Waals surface area contributed by atoms with E-state index in [1.165, 1.54) is 24.3 Å². The van der Waals surface area contributed by atoms with Crippen LogP contribution in [0.25, 0.3) is 11.1 Å². The summed E-state index contributed by atoms with van der Waals surface area (Å²) in [6.45, 7) is 0. The minimum atomic E-state index is -0.00537. The molecule has 0 bridgehead atoms. The summed E-state index contributed by atoms with van der Waals surface area (Å²) >= 11 is 0. The van der Waals surface area contributed by atoms with Crippen LogP contribution in [-0.2, 0) is 0 Å². The summed E-state index contributed by atoms with van der Waals surface area (Å²) in [5, 5.41) is 21.7. The fourth-order valence-corrected chi connectivity index (χ4v) is 1.29. The molecule has 16 heavy (non-hydrogen) atoms. The summed E-state index contributed by atoms with van der Waals surface area (Å²) in [6.07, 6.45) is 0. The fraction of sp³-hybridized carbons (Fsp3) is 0. The van der Waals surface area contributed by atoms with E-state index in [1.54, 1.807) is 24.3 Å². The molecule has 0 aromatic heterocycles. The predicted molar refractivity (Wildman–Crippen MR) is 50.8 cm³/mol. The Hall–Kier alpha value is -0.765. The van der Waals surface area contributed by atoms with Crippen LogP contribution in [0.15, 0.2) is 48.5 Å². The number of benzene rings is 2. The van der Waals surface area contributed by atoms with Gasteiger partial charge in [0.1, 0.15) is 0 Å². The minimum absolute atomic E-state index is 0. The van der Waals surface area contributed by atoms with Gasteiger partial charge in [-0.15, -0.1) is 11.5 Å². The largest absolute Gasteiger partial charge is 1.00 e. The smallest absolute Gasteiger partial charge is 0.872 e. The maximum absolute atomic E-state index is 10.9. The molecule has 0 unspecified atom stereocenters. The Kier molecular flexibility index (Phi) is 6.42. The average molecular weight is 198 g/mol. The molecule has 2 aromatic rings. The summed E-state index contributed by atoms with van der Waals surface area (Å²) < 4.78 is 0. The molecule has 0 saturated carbocycles. The first-order chi connectivity index (χ1) is 6.75. The van der Waals surface area contributed by atoms with Gasteiger partial charge in [-0.3, -0.25) is 0 Å². The van der Waals surface area contributed by atoms with Crippen LogP contribution in [0.5, 0.6) is 11.5 Å². The second-order valence-corrected chi connectivity index (χ2v) is 3.05. The van der Waals surface area contributed by atoms with Gasteiger partial charge in [0, 0.05) is 0 Å². The zero-order valence-electron chi connectivity index (χ0n) is 9.44. The van der Waals surface area contributed by atoms with Crippen molar-refractivity contribution >= 4 is 0 Å². The Morgan fingerprint density at radius 3 is 1.00 bits per heavy atom. The molecule has 0 heterocycles. The molecule has 4 heteroatoms. The quantitative estimate of drug-likeness (QED) is 0.434. The summed E-state index contributed by atoms with van der Waals surface area (Å²) in [4.78, 5) is 0. The number of rotatable bonds is 1. The van der Waals surface area contributed by atoms with Gasteiger partial charge in [-0.05, 0) is 11.1 Å². The Balaban J connectivity index is 0.00000112. The molecule has 0 radical (unpaired) electrons. The van der Waals surface area contributed by atoms with Crippen LogP contribution in [0.4, 0.5) is 0 Å². The summed E-state index contributed by atoms with van der Waals surface area (Å²) in [6, 6.07) is 13.1. The van der Waals surface area contributed by atoms with Crippen molar-refractivity contribution in [1.82, 2.24) is 0 Å². The van der Waals surface area contributed by atoms with E-state index in [0.29, 0.717) is 0 Å². The second kappa shape index (κ2) is 6.74. The Labute approximate surface area is 119 Å². The molecule has 70 valence electrons. The number of hydrogen-bond acceptors (Lipinski definition) is 2. The fourth-order valence-electron chi connectivity index (χ4n) is 1.29. The third kappa shape index (κ3) is 3.67. The monoisotopic (exact) mass is 198 g/mol. The number of hydrogen-bond donors (Lipinski definition) is 0. The van der Waals surface area contributed by atoms with E-state index in [9.17, 15) is 10.2 Å². The van der Waals surface area contributed by atoms with Gasteiger partial charge in [0.05, 0.1) is 0 Å². The first-order valence-corrected chi connectivity index (χ1v) is 4.30. The van der Waals surface area contributed by atoms with Crippen LogP contribution in [-0.4, -0.2) is 0 Å². The summed E-state index contributed by atoms with van der Waals surface area (Å²) in [5.74, 6) is -0.0107. The third-order valence-electron chi connectivity index (χ3n) is 2.04. The van der Waals surface area contributed by atoms with Crippen LogP contribution >= 0.6 is 0 Å². The van der Waals surface area contributed by atoms with Gasteiger partial charge in [0.15, 0.2) is 0 Å². The normalized spacial score (nSPS) is 8.75. The van der Waals surface area contributed by atoms with Crippen molar-refractivity contribution in [3.05, 3.63) is 48.5 Å². The van der Waals surface area contributed by atoms with Gasteiger partial charge in [0.2, 0.25) is 0 Å². The van der Waals surface area contributed by atoms with E-state index in [0.717, 1.165) is 11.1 Å². The molecule has 0 amide bonds. The molecule has 0 saturated heterocycles. The van der Waals surface area contributed by atoms with Crippen molar-refractivity contribution in [3.8, 4) is 22.6 Å². The van der Waals surface area contributed by atoms with Gasteiger partial charge in [-0.2, -0.15) is 0 Å². The van der Waals surface area contributed by atoms with Gasteiger partial charge >= 0.3 is 37.7 Å². The van der Waals surface area contributed by atoms with Crippen LogP contribution in [0, 0.1) is 0 Å². The first-order valence-electron chi connectivity index (χ1n) is 4.30. The SMILES string of the molecule is [Li+].[Li+].[O-]c1ccc(-c2ccc([O-])cc2)cc1. The van der Waals surface area contributed by atoms with Crippen molar-refractivity contribution in [2.24, 2.45) is 0 Å².